The first-order chi connectivity index (χ1) is 10.3. The third-order valence-corrected chi connectivity index (χ3v) is 2.66. The molecule has 0 fully saturated rings. The number of carbonyl (C=O) groups is 3. The highest BCUT2D eigenvalue weighted by Crippen LogP contribution is 2.01. The minimum Gasteiger partial charge on any atom is -0.392 e. The normalized spacial score (nSPS) is 10.4. The fourth-order valence-corrected chi connectivity index (χ4v) is 1.34. The van der Waals surface area contributed by atoms with E-state index in [-0.39, 0.29) is 17.6 Å². The highest BCUT2D eigenvalue weighted by molar-refractivity contribution is 5.90. The van der Waals surface area contributed by atoms with Gasteiger partial charge in [0.25, 0.3) is 0 Å². The molecule has 22 heavy (non-hydrogen) atoms. The molecule has 0 radical (unpaired) electrons. The molecule has 0 aromatic rings. The lowest BCUT2D eigenvalue weighted by Gasteiger charge is -2.01. The lowest BCUT2D eigenvalue weighted by atomic mass is 10.1. The average molecular weight is 313 g/mol. The molecular formula is C16H31N3O3. The molecule has 2 amide bonds. The van der Waals surface area contributed by atoms with Crippen LogP contribution in [0, 0.1) is 5.92 Å². The summed E-state index contributed by atoms with van der Waals surface area (Å²) in [6.07, 6.45) is 3.11. The van der Waals surface area contributed by atoms with E-state index in [9.17, 15) is 14.4 Å². The van der Waals surface area contributed by atoms with Gasteiger partial charge in [0.05, 0.1) is 0 Å². The van der Waals surface area contributed by atoms with E-state index >= 15 is 0 Å². The SMILES string of the molecule is CCC(=O)NCCC(=O)NC.CN/C(C)=C\C(=O)CC(C)C. The molecule has 0 aliphatic heterocycles. The summed E-state index contributed by atoms with van der Waals surface area (Å²) in [7, 11) is 3.39. The standard InChI is InChI=1S/C9H17NO.C7H14N2O2/c1-7(2)5-9(11)6-8(3)10-4;1-3-6(10)9-5-4-7(11)8-2/h6-7,10H,5H2,1-4H3;3-5H2,1-2H3,(H,8,11)(H,9,10)/b8-6-;. The quantitative estimate of drug-likeness (QED) is 0.591. The Morgan fingerprint density at radius 3 is 2.05 bits per heavy atom. The maximum absolute atomic E-state index is 11.1. The first-order valence-electron chi connectivity index (χ1n) is 7.62. The second-order valence-corrected chi connectivity index (χ2v) is 5.27. The predicted molar refractivity (Wildman–Crippen MR) is 89.3 cm³/mol. The maximum atomic E-state index is 11.1. The van der Waals surface area contributed by atoms with Crippen molar-refractivity contribution in [3.63, 3.8) is 0 Å². The Kier molecular flexibility index (Phi) is 14.4. The van der Waals surface area contributed by atoms with Crippen LogP contribution in [0.5, 0.6) is 0 Å². The monoisotopic (exact) mass is 313 g/mol. The van der Waals surface area contributed by atoms with Crippen LogP contribution in [0.15, 0.2) is 11.8 Å². The van der Waals surface area contributed by atoms with Gasteiger partial charge in [-0.1, -0.05) is 20.8 Å². The third kappa shape index (κ3) is 16.2. The van der Waals surface area contributed by atoms with Gasteiger partial charge in [0.1, 0.15) is 0 Å². The second kappa shape index (κ2) is 14.1. The molecule has 0 heterocycles. The topological polar surface area (TPSA) is 87.3 Å². The second-order valence-electron chi connectivity index (χ2n) is 5.27. The van der Waals surface area contributed by atoms with E-state index in [2.05, 4.69) is 16.0 Å². The van der Waals surface area contributed by atoms with Crippen molar-refractivity contribution in [1.82, 2.24) is 16.0 Å². The van der Waals surface area contributed by atoms with Gasteiger partial charge < -0.3 is 16.0 Å². The number of allylic oxidation sites excluding steroid dienone is 2. The summed E-state index contributed by atoms with van der Waals surface area (Å²) >= 11 is 0. The zero-order valence-corrected chi connectivity index (χ0v) is 14.7. The number of hydrogen-bond acceptors (Lipinski definition) is 4. The molecule has 0 saturated carbocycles. The molecule has 128 valence electrons. The Balaban J connectivity index is 0. The van der Waals surface area contributed by atoms with Gasteiger partial charge in [-0.25, -0.2) is 0 Å². The van der Waals surface area contributed by atoms with Gasteiger partial charge in [-0.15, -0.1) is 0 Å². The molecule has 0 atom stereocenters. The Labute approximate surface area is 134 Å². The van der Waals surface area contributed by atoms with E-state index in [0.717, 1.165) is 5.70 Å². The van der Waals surface area contributed by atoms with Crippen molar-refractivity contribution in [3.05, 3.63) is 11.8 Å². The Morgan fingerprint density at radius 1 is 1.05 bits per heavy atom. The molecule has 0 saturated heterocycles. The minimum atomic E-state index is -0.0543. The fraction of sp³-hybridized carbons (Fsp3) is 0.688. The largest absolute Gasteiger partial charge is 0.392 e. The van der Waals surface area contributed by atoms with Crippen LogP contribution >= 0.6 is 0 Å². The summed E-state index contributed by atoms with van der Waals surface area (Å²) in [4.78, 5) is 32.4. The first kappa shape index (κ1) is 22.4. The van der Waals surface area contributed by atoms with Crippen molar-refractivity contribution in [2.24, 2.45) is 5.92 Å². The lowest BCUT2D eigenvalue weighted by Crippen LogP contribution is -2.28. The van der Waals surface area contributed by atoms with Crippen LogP contribution in [0.25, 0.3) is 0 Å². The smallest absolute Gasteiger partial charge is 0.221 e. The molecule has 0 bridgehead atoms. The average Bonchev–Trinajstić information content (AvgIpc) is 2.46. The van der Waals surface area contributed by atoms with Gasteiger partial charge in [0.2, 0.25) is 11.8 Å². The van der Waals surface area contributed by atoms with E-state index in [1.165, 1.54) is 0 Å². The summed E-state index contributed by atoms with van der Waals surface area (Å²) in [6, 6.07) is 0. The van der Waals surface area contributed by atoms with Crippen molar-refractivity contribution in [2.75, 3.05) is 20.6 Å². The fourth-order valence-electron chi connectivity index (χ4n) is 1.34. The van der Waals surface area contributed by atoms with Crippen LogP contribution in [0.1, 0.15) is 47.0 Å². The minimum absolute atomic E-state index is 0.0195. The Morgan fingerprint density at radius 2 is 1.64 bits per heavy atom. The zero-order valence-electron chi connectivity index (χ0n) is 14.7. The van der Waals surface area contributed by atoms with Gasteiger partial charge in [-0.2, -0.15) is 0 Å². The van der Waals surface area contributed by atoms with Crippen LogP contribution in [-0.4, -0.2) is 38.2 Å². The van der Waals surface area contributed by atoms with Crippen molar-refractivity contribution in [1.29, 1.82) is 0 Å². The van der Waals surface area contributed by atoms with Gasteiger partial charge in [-0.05, 0) is 18.9 Å². The van der Waals surface area contributed by atoms with Crippen LogP contribution in [0.3, 0.4) is 0 Å². The molecule has 0 aromatic carbocycles. The maximum Gasteiger partial charge on any atom is 0.221 e. The third-order valence-electron chi connectivity index (χ3n) is 2.66. The Hall–Kier alpha value is -1.85. The van der Waals surface area contributed by atoms with Gasteiger partial charge in [0, 0.05) is 45.6 Å². The highest BCUT2D eigenvalue weighted by atomic mass is 16.2. The van der Waals surface area contributed by atoms with E-state index in [1.54, 1.807) is 20.0 Å². The van der Waals surface area contributed by atoms with E-state index in [0.29, 0.717) is 31.7 Å². The van der Waals surface area contributed by atoms with Crippen molar-refractivity contribution in [2.45, 2.75) is 47.0 Å². The molecule has 3 N–H and O–H groups in total. The van der Waals surface area contributed by atoms with Crippen LogP contribution in [-0.2, 0) is 14.4 Å². The molecule has 0 aromatic heterocycles. The molecule has 0 aliphatic rings. The zero-order chi connectivity index (χ0) is 17.5. The van der Waals surface area contributed by atoms with Crippen molar-refractivity contribution >= 4 is 17.6 Å². The summed E-state index contributed by atoms with van der Waals surface area (Å²) in [5, 5.41) is 7.97. The first-order valence-corrected chi connectivity index (χ1v) is 7.62. The van der Waals surface area contributed by atoms with E-state index < -0.39 is 0 Å². The molecule has 6 nitrogen and oxygen atoms in total. The van der Waals surface area contributed by atoms with Crippen LogP contribution in [0.2, 0.25) is 0 Å². The molecule has 0 unspecified atom stereocenters. The molecule has 6 heteroatoms. The van der Waals surface area contributed by atoms with E-state index in [1.807, 2.05) is 27.8 Å². The highest BCUT2D eigenvalue weighted by Gasteiger charge is 2.01. The predicted octanol–water partition coefficient (Wildman–Crippen LogP) is 1.37. The van der Waals surface area contributed by atoms with Crippen molar-refractivity contribution in [3.8, 4) is 0 Å². The van der Waals surface area contributed by atoms with Gasteiger partial charge >= 0.3 is 0 Å². The number of hydrogen-bond donors (Lipinski definition) is 3. The molecular weight excluding hydrogens is 282 g/mol. The molecule has 0 rings (SSSR count). The summed E-state index contributed by atoms with van der Waals surface area (Å²) in [6.45, 7) is 8.17. The summed E-state index contributed by atoms with van der Waals surface area (Å²) < 4.78 is 0. The number of ketones is 1. The number of carbonyl (C=O) groups excluding carboxylic acids is 3. The van der Waals surface area contributed by atoms with Gasteiger partial charge in [0.15, 0.2) is 5.78 Å². The van der Waals surface area contributed by atoms with Crippen molar-refractivity contribution < 1.29 is 14.4 Å². The Bertz CT molecular complexity index is 361. The van der Waals surface area contributed by atoms with E-state index in [4.69, 9.17) is 0 Å². The van der Waals surface area contributed by atoms with Gasteiger partial charge in [-0.3, -0.25) is 14.4 Å². The summed E-state index contributed by atoms with van der Waals surface area (Å²) in [5.41, 5.74) is 0.927. The van der Waals surface area contributed by atoms with Crippen LogP contribution < -0.4 is 16.0 Å². The van der Waals surface area contributed by atoms with Crippen LogP contribution in [0.4, 0.5) is 0 Å². The number of nitrogens with one attached hydrogen (secondary N) is 3. The summed E-state index contributed by atoms with van der Waals surface area (Å²) in [5.74, 6) is 0.575. The number of rotatable bonds is 8. The molecule has 0 aliphatic carbocycles. The molecule has 0 spiro atoms. The lowest BCUT2D eigenvalue weighted by molar-refractivity contribution is -0.122. The number of amides is 2.